The number of likely N-dealkylation sites (tertiary alicyclic amines) is 1. The van der Waals surface area contributed by atoms with E-state index in [1.807, 2.05) is 58.0 Å². The number of nitrogens with zero attached hydrogens (tertiary/aromatic N) is 2. The van der Waals surface area contributed by atoms with Gasteiger partial charge in [-0.3, -0.25) is 9.59 Å². The number of aliphatic carboxylic acids is 1. The molecule has 3 rings (SSSR count). The highest BCUT2D eigenvalue weighted by atomic mass is 16.5. The maximum atomic E-state index is 13.8. The second-order valence-corrected chi connectivity index (χ2v) is 8.75. The molecule has 0 aliphatic carbocycles. The van der Waals surface area contributed by atoms with Crippen molar-refractivity contribution >= 4 is 17.9 Å². The number of amides is 3. The van der Waals surface area contributed by atoms with Crippen LogP contribution in [-0.2, 0) is 16.0 Å². The Morgan fingerprint density at radius 2 is 1.68 bits per heavy atom. The number of hydrogen-bond acceptors (Lipinski definition) is 4. The van der Waals surface area contributed by atoms with Crippen molar-refractivity contribution in [3.8, 4) is 5.75 Å². The smallest absolute Gasteiger partial charge is 0.330 e. The summed E-state index contributed by atoms with van der Waals surface area (Å²) >= 11 is 0. The Labute approximate surface area is 201 Å². The van der Waals surface area contributed by atoms with Crippen LogP contribution in [0.2, 0.25) is 0 Å². The highest BCUT2D eigenvalue weighted by molar-refractivity contribution is 6.03. The minimum absolute atomic E-state index is 0.205. The first-order valence-electron chi connectivity index (χ1n) is 12.0. The standard InChI is InChI=1S/C27H34N2O5/c1-5-17-28(19(4)20-13-9-8-10-14-20)26(33)29-24(32)27(6-2,7-3)25(29)34-22-16-12-11-15-21(22)18-23(30)31/h8-16,19,25H,5-7,17-18H2,1-4H3,(H,30,31)/t19-,25+/m1/s1. The topological polar surface area (TPSA) is 87.2 Å². The number of urea groups is 1. The Balaban J connectivity index is 1.96. The number of rotatable bonds is 10. The van der Waals surface area contributed by atoms with E-state index in [9.17, 15) is 19.5 Å². The van der Waals surface area contributed by atoms with Gasteiger partial charge in [0.1, 0.15) is 11.2 Å². The molecule has 3 amide bonds. The zero-order chi connectivity index (χ0) is 24.9. The molecule has 1 heterocycles. The molecular weight excluding hydrogens is 432 g/mol. The molecule has 1 N–H and O–H groups in total. The molecule has 182 valence electrons. The fourth-order valence-corrected chi connectivity index (χ4v) is 4.68. The van der Waals surface area contributed by atoms with Crippen molar-refractivity contribution in [3.05, 3.63) is 65.7 Å². The summed E-state index contributed by atoms with van der Waals surface area (Å²) in [4.78, 5) is 41.5. The van der Waals surface area contributed by atoms with Crippen molar-refractivity contribution < 1.29 is 24.2 Å². The third kappa shape index (κ3) is 4.65. The van der Waals surface area contributed by atoms with Crippen LogP contribution >= 0.6 is 0 Å². The number of benzene rings is 2. The number of ether oxygens (including phenoxy) is 1. The molecule has 1 saturated heterocycles. The number of carboxylic acids is 1. The van der Waals surface area contributed by atoms with Crippen LogP contribution in [0.3, 0.4) is 0 Å². The normalized spacial score (nSPS) is 17.6. The molecule has 0 bridgehead atoms. The highest BCUT2D eigenvalue weighted by Crippen LogP contribution is 2.47. The second-order valence-electron chi connectivity index (χ2n) is 8.75. The molecule has 7 heteroatoms. The summed E-state index contributed by atoms with van der Waals surface area (Å²) in [6.07, 6.45) is 0.757. The van der Waals surface area contributed by atoms with Crippen LogP contribution in [0.15, 0.2) is 54.6 Å². The molecule has 0 aromatic heterocycles. The number of hydrogen-bond donors (Lipinski definition) is 1. The average Bonchev–Trinajstić information content (AvgIpc) is 2.84. The molecule has 0 radical (unpaired) electrons. The van der Waals surface area contributed by atoms with Crippen LogP contribution in [-0.4, -0.2) is 45.6 Å². The molecule has 1 fully saturated rings. The minimum Gasteiger partial charge on any atom is -0.481 e. The van der Waals surface area contributed by atoms with Crippen LogP contribution in [0.25, 0.3) is 0 Å². The van der Waals surface area contributed by atoms with Gasteiger partial charge in [-0.2, -0.15) is 0 Å². The number of carbonyl (C=O) groups is 3. The summed E-state index contributed by atoms with van der Waals surface area (Å²) in [5.41, 5.74) is 0.657. The summed E-state index contributed by atoms with van der Waals surface area (Å²) in [6, 6.07) is 16.0. The third-order valence-corrected chi connectivity index (χ3v) is 6.83. The molecule has 2 aromatic carbocycles. The van der Waals surface area contributed by atoms with E-state index in [0.29, 0.717) is 30.7 Å². The fraction of sp³-hybridized carbons (Fsp3) is 0.444. The monoisotopic (exact) mass is 466 g/mol. The highest BCUT2D eigenvalue weighted by Gasteiger charge is 2.63. The summed E-state index contributed by atoms with van der Waals surface area (Å²) in [7, 11) is 0. The largest absolute Gasteiger partial charge is 0.481 e. The van der Waals surface area contributed by atoms with Gasteiger partial charge in [-0.1, -0.05) is 69.3 Å². The molecule has 2 aromatic rings. The lowest BCUT2D eigenvalue weighted by atomic mass is 9.72. The van der Waals surface area contributed by atoms with Crippen LogP contribution in [0, 0.1) is 5.41 Å². The van der Waals surface area contributed by atoms with E-state index in [1.54, 1.807) is 29.2 Å². The minimum atomic E-state index is -0.975. The van der Waals surface area contributed by atoms with Gasteiger partial charge in [0.25, 0.3) is 0 Å². The molecule has 0 spiro atoms. The zero-order valence-electron chi connectivity index (χ0n) is 20.4. The van der Waals surface area contributed by atoms with Gasteiger partial charge in [0.05, 0.1) is 12.5 Å². The molecule has 2 atom stereocenters. The number of carboxylic acid groups (broad SMARTS) is 1. The maximum absolute atomic E-state index is 13.8. The van der Waals surface area contributed by atoms with E-state index in [0.717, 1.165) is 12.0 Å². The number of imide groups is 1. The quantitative estimate of drug-likeness (QED) is 0.483. The van der Waals surface area contributed by atoms with Crippen LogP contribution in [0.5, 0.6) is 5.75 Å². The fourth-order valence-electron chi connectivity index (χ4n) is 4.68. The second kappa shape index (κ2) is 10.7. The molecule has 0 unspecified atom stereocenters. The summed E-state index contributed by atoms with van der Waals surface area (Å²) in [6.45, 7) is 8.27. The van der Waals surface area contributed by atoms with Crippen molar-refractivity contribution in [3.63, 3.8) is 0 Å². The first kappa shape index (κ1) is 25.3. The first-order chi connectivity index (χ1) is 16.3. The van der Waals surface area contributed by atoms with E-state index < -0.39 is 17.6 Å². The molecule has 34 heavy (non-hydrogen) atoms. The predicted octanol–water partition coefficient (Wildman–Crippen LogP) is 5.26. The van der Waals surface area contributed by atoms with Gasteiger partial charge in [0.2, 0.25) is 5.91 Å². The van der Waals surface area contributed by atoms with E-state index in [-0.39, 0.29) is 24.4 Å². The van der Waals surface area contributed by atoms with E-state index >= 15 is 0 Å². The predicted molar refractivity (Wildman–Crippen MR) is 129 cm³/mol. The van der Waals surface area contributed by atoms with Crippen molar-refractivity contribution in [1.82, 2.24) is 9.80 Å². The Bertz CT molecular complexity index is 1020. The van der Waals surface area contributed by atoms with E-state index in [4.69, 9.17) is 4.74 Å². The van der Waals surface area contributed by atoms with Gasteiger partial charge in [0.15, 0.2) is 6.23 Å². The zero-order valence-corrected chi connectivity index (χ0v) is 20.4. The Morgan fingerprint density at radius 3 is 2.26 bits per heavy atom. The van der Waals surface area contributed by atoms with Gasteiger partial charge in [0, 0.05) is 12.1 Å². The van der Waals surface area contributed by atoms with Crippen LogP contribution in [0.4, 0.5) is 4.79 Å². The van der Waals surface area contributed by atoms with Gasteiger partial charge < -0.3 is 14.7 Å². The maximum Gasteiger partial charge on any atom is 0.330 e. The van der Waals surface area contributed by atoms with Gasteiger partial charge in [-0.05, 0) is 37.8 Å². The summed E-state index contributed by atoms with van der Waals surface area (Å²) in [5.74, 6) is -0.842. The van der Waals surface area contributed by atoms with Crippen molar-refractivity contribution in [2.75, 3.05) is 6.54 Å². The van der Waals surface area contributed by atoms with Crippen molar-refractivity contribution in [1.29, 1.82) is 0 Å². The molecule has 1 aliphatic heterocycles. The molecule has 7 nitrogen and oxygen atoms in total. The SMILES string of the molecule is CCCN(C(=O)N1C(=O)C(CC)(CC)[C@@H]1Oc1ccccc1CC(=O)O)[C@H](C)c1ccccc1. The molecule has 0 saturated carbocycles. The lowest BCUT2D eigenvalue weighted by molar-refractivity contribution is -0.193. The number of para-hydroxylation sites is 1. The Morgan fingerprint density at radius 1 is 1.06 bits per heavy atom. The number of β-lactam (4-membered cyclic amide) rings is 1. The molecule has 1 aliphatic rings. The van der Waals surface area contributed by atoms with E-state index in [2.05, 4.69) is 0 Å². The Hall–Kier alpha value is -3.35. The third-order valence-electron chi connectivity index (χ3n) is 6.83. The summed E-state index contributed by atoms with van der Waals surface area (Å²) in [5, 5.41) is 9.29. The van der Waals surface area contributed by atoms with Gasteiger partial charge in [-0.25, -0.2) is 9.69 Å². The first-order valence-corrected chi connectivity index (χ1v) is 12.0. The van der Waals surface area contributed by atoms with Crippen molar-refractivity contribution in [2.45, 2.75) is 65.6 Å². The van der Waals surface area contributed by atoms with Gasteiger partial charge >= 0.3 is 12.0 Å². The lowest BCUT2D eigenvalue weighted by Gasteiger charge is -2.54. The number of carbonyl (C=O) groups excluding carboxylic acids is 2. The molecular formula is C27H34N2O5. The average molecular weight is 467 g/mol. The Kier molecular flexibility index (Phi) is 7.97. The lowest BCUT2D eigenvalue weighted by Crippen LogP contribution is -2.74. The summed E-state index contributed by atoms with van der Waals surface area (Å²) < 4.78 is 6.29. The van der Waals surface area contributed by atoms with Crippen LogP contribution < -0.4 is 4.74 Å². The van der Waals surface area contributed by atoms with Crippen LogP contribution in [0.1, 0.15) is 64.1 Å². The van der Waals surface area contributed by atoms with Crippen molar-refractivity contribution in [2.24, 2.45) is 5.41 Å². The van der Waals surface area contributed by atoms with Gasteiger partial charge in [-0.15, -0.1) is 0 Å². The van der Waals surface area contributed by atoms with E-state index in [1.165, 1.54) is 4.90 Å².